The van der Waals surface area contributed by atoms with Crippen LogP contribution in [-0.2, 0) is 28.5 Å². The van der Waals surface area contributed by atoms with Crippen molar-refractivity contribution in [2.24, 2.45) is 0 Å². The number of hydrogen-bond donors (Lipinski definition) is 1. The molecule has 1 N–H and O–H groups in total. The smallest absolute Gasteiger partial charge is 0.252 e. The van der Waals surface area contributed by atoms with E-state index in [-0.39, 0.29) is 5.91 Å². The van der Waals surface area contributed by atoms with E-state index in [2.05, 4.69) is 12.2 Å². The number of rotatable bonds is 8. The van der Waals surface area contributed by atoms with E-state index in [1.165, 1.54) is 25.7 Å². The molecule has 3 fully saturated rings. The van der Waals surface area contributed by atoms with E-state index in [9.17, 15) is 4.79 Å². The summed E-state index contributed by atoms with van der Waals surface area (Å²) in [5.41, 5.74) is 0. The van der Waals surface area contributed by atoms with Crippen molar-refractivity contribution in [2.75, 3.05) is 6.54 Å². The van der Waals surface area contributed by atoms with E-state index < -0.39 is 42.3 Å². The quantitative estimate of drug-likeness (QED) is 0.648. The molecular weight excluding hydrogens is 350 g/mol. The van der Waals surface area contributed by atoms with Crippen LogP contribution in [0.4, 0.5) is 0 Å². The molecule has 0 aromatic heterocycles. The SMILES string of the molecule is CCCCCCCCNC(=O)[C@@H]1O[C@@H]2OC(C)(C)O[C@@H]2[C@@H]2OC(C)(C)O[C@H]21. The van der Waals surface area contributed by atoms with Gasteiger partial charge in [-0.25, -0.2) is 0 Å². The van der Waals surface area contributed by atoms with E-state index in [0.29, 0.717) is 6.54 Å². The van der Waals surface area contributed by atoms with Gasteiger partial charge in [0.25, 0.3) is 5.91 Å². The van der Waals surface area contributed by atoms with Crippen molar-refractivity contribution in [1.82, 2.24) is 5.32 Å². The molecule has 0 spiro atoms. The van der Waals surface area contributed by atoms with Gasteiger partial charge in [0.15, 0.2) is 24.0 Å². The maximum absolute atomic E-state index is 12.8. The molecule has 0 aliphatic carbocycles. The summed E-state index contributed by atoms with van der Waals surface area (Å²) in [6.45, 7) is 10.2. The number of nitrogens with one attached hydrogen (secondary N) is 1. The van der Waals surface area contributed by atoms with Crippen LogP contribution in [0.5, 0.6) is 0 Å². The fourth-order valence-electron chi connectivity index (χ4n) is 4.04. The molecule has 5 atom stereocenters. The zero-order valence-corrected chi connectivity index (χ0v) is 17.3. The van der Waals surface area contributed by atoms with Crippen LogP contribution in [0.3, 0.4) is 0 Å². The molecule has 3 aliphatic rings. The van der Waals surface area contributed by atoms with Gasteiger partial charge in [-0.1, -0.05) is 39.0 Å². The maximum Gasteiger partial charge on any atom is 0.252 e. The van der Waals surface area contributed by atoms with Crippen molar-refractivity contribution in [1.29, 1.82) is 0 Å². The second kappa shape index (κ2) is 8.33. The summed E-state index contributed by atoms with van der Waals surface area (Å²) in [7, 11) is 0. The summed E-state index contributed by atoms with van der Waals surface area (Å²) in [5.74, 6) is -1.74. The Hall–Kier alpha value is -0.730. The maximum atomic E-state index is 12.8. The lowest BCUT2D eigenvalue weighted by Gasteiger charge is -2.36. The van der Waals surface area contributed by atoms with E-state index in [4.69, 9.17) is 23.7 Å². The van der Waals surface area contributed by atoms with E-state index in [0.717, 1.165) is 12.8 Å². The van der Waals surface area contributed by atoms with Gasteiger partial charge in [0.1, 0.15) is 18.3 Å². The third kappa shape index (κ3) is 5.01. The first kappa shape index (κ1) is 21.0. The monoisotopic (exact) mass is 385 g/mol. The predicted molar refractivity (Wildman–Crippen MR) is 98.9 cm³/mol. The van der Waals surface area contributed by atoms with Crippen LogP contribution in [0.25, 0.3) is 0 Å². The number of carbonyl (C=O) groups is 1. The largest absolute Gasteiger partial charge is 0.354 e. The Morgan fingerprint density at radius 1 is 0.815 bits per heavy atom. The summed E-state index contributed by atoms with van der Waals surface area (Å²) in [6, 6.07) is 0. The molecule has 7 nitrogen and oxygen atoms in total. The number of fused-ring (bicyclic) bond motifs is 3. The summed E-state index contributed by atoms with van der Waals surface area (Å²) in [4.78, 5) is 12.8. The lowest BCUT2D eigenvalue weighted by Crippen LogP contribution is -2.59. The Morgan fingerprint density at radius 2 is 1.41 bits per heavy atom. The molecule has 0 aromatic rings. The normalized spacial score (nSPS) is 36.3. The first-order valence-corrected chi connectivity index (χ1v) is 10.4. The molecule has 3 saturated heterocycles. The molecule has 7 heteroatoms. The van der Waals surface area contributed by atoms with Crippen molar-refractivity contribution >= 4 is 5.91 Å². The molecule has 0 saturated carbocycles. The van der Waals surface area contributed by atoms with Gasteiger partial charge in [0.2, 0.25) is 0 Å². The third-order valence-electron chi connectivity index (χ3n) is 5.24. The molecule has 0 aromatic carbocycles. The average Bonchev–Trinajstić information content (AvgIpc) is 3.07. The highest BCUT2D eigenvalue weighted by Crippen LogP contribution is 2.44. The van der Waals surface area contributed by atoms with E-state index in [1.54, 1.807) is 0 Å². The van der Waals surface area contributed by atoms with Crippen LogP contribution < -0.4 is 5.32 Å². The first-order valence-electron chi connectivity index (χ1n) is 10.4. The second-order valence-electron chi connectivity index (χ2n) is 8.65. The Balaban J connectivity index is 1.55. The Bertz CT molecular complexity index is 523. The molecule has 1 amide bonds. The first-order chi connectivity index (χ1) is 12.7. The van der Waals surface area contributed by atoms with Crippen LogP contribution in [0.15, 0.2) is 0 Å². The van der Waals surface area contributed by atoms with Crippen molar-refractivity contribution in [3.63, 3.8) is 0 Å². The topological polar surface area (TPSA) is 75.3 Å². The number of carbonyl (C=O) groups excluding carboxylic acids is 1. The van der Waals surface area contributed by atoms with Crippen LogP contribution in [-0.4, -0.2) is 54.7 Å². The standard InChI is InChI=1S/C20H35NO6/c1-6-7-8-9-10-11-12-21-17(22)15-13-14(25-19(2,3)24-13)16-18(23-15)27-20(4,5)26-16/h13-16,18H,6-12H2,1-5H3,(H,21,22)/t13-,14-,15-,16-,18-/m1/s1. The molecule has 0 radical (unpaired) electrons. The summed E-state index contributed by atoms with van der Waals surface area (Å²) < 4.78 is 29.8. The van der Waals surface area contributed by atoms with Gasteiger partial charge in [-0.2, -0.15) is 0 Å². The van der Waals surface area contributed by atoms with Crippen molar-refractivity contribution in [2.45, 2.75) is 115 Å². The molecule has 3 rings (SSSR count). The highest BCUT2D eigenvalue weighted by molar-refractivity contribution is 5.81. The molecular formula is C20H35NO6. The van der Waals surface area contributed by atoms with Crippen LogP contribution >= 0.6 is 0 Å². The number of hydrogen-bond acceptors (Lipinski definition) is 6. The van der Waals surface area contributed by atoms with Crippen molar-refractivity contribution < 1.29 is 28.5 Å². The third-order valence-corrected chi connectivity index (χ3v) is 5.24. The van der Waals surface area contributed by atoms with Gasteiger partial charge in [-0.05, 0) is 34.1 Å². The van der Waals surface area contributed by atoms with Crippen LogP contribution in [0.2, 0.25) is 0 Å². The molecule has 3 heterocycles. The Labute approximate surface area is 162 Å². The van der Waals surface area contributed by atoms with Crippen molar-refractivity contribution in [3.05, 3.63) is 0 Å². The minimum Gasteiger partial charge on any atom is -0.354 e. The minimum atomic E-state index is -0.790. The highest BCUT2D eigenvalue weighted by atomic mass is 16.9. The van der Waals surface area contributed by atoms with Gasteiger partial charge >= 0.3 is 0 Å². The van der Waals surface area contributed by atoms with E-state index in [1.807, 2.05) is 27.7 Å². The molecule has 0 unspecified atom stereocenters. The summed E-state index contributed by atoms with van der Waals surface area (Å²) in [5, 5.41) is 2.99. The minimum absolute atomic E-state index is 0.174. The lowest BCUT2D eigenvalue weighted by atomic mass is 9.98. The highest BCUT2D eigenvalue weighted by Gasteiger charge is 2.62. The summed E-state index contributed by atoms with van der Waals surface area (Å²) in [6.07, 6.45) is 4.36. The number of ether oxygens (including phenoxy) is 5. The summed E-state index contributed by atoms with van der Waals surface area (Å²) >= 11 is 0. The van der Waals surface area contributed by atoms with Crippen LogP contribution in [0.1, 0.15) is 73.1 Å². The molecule has 27 heavy (non-hydrogen) atoms. The molecule has 156 valence electrons. The fraction of sp³-hybridized carbons (Fsp3) is 0.950. The van der Waals surface area contributed by atoms with Gasteiger partial charge in [0.05, 0.1) is 0 Å². The Morgan fingerprint density at radius 3 is 2.15 bits per heavy atom. The zero-order chi connectivity index (χ0) is 19.7. The second-order valence-corrected chi connectivity index (χ2v) is 8.65. The van der Waals surface area contributed by atoms with Gasteiger partial charge in [0, 0.05) is 6.54 Å². The number of amides is 1. The lowest BCUT2D eigenvalue weighted by molar-refractivity contribution is -0.231. The van der Waals surface area contributed by atoms with Gasteiger partial charge in [-0.3, -0.25) is 4.79 Å². The fourth-order valence-corrected chi connectivity index (χ4v) is 4.04. The Kier molecular flexibility index (Phi) is 6.48. The molecule has 0 bridgehead atoms. The van der Waals surface area contributed by atoms with Gasteiger partial charge < -0.3 is 29.0 Å². The number of unbranched alkanes of at least 4 members (excludes halogenated alkanes) is 5. The average molecular weight is 386 g/mol. The zero-order valence-electron chi connectivity index (χ0n) is 17.3. The van der Waals surface area contributed by atoms with Crippen molar-refractivity contribution in [3.8, 4) is 0 Å². The predicted octanol–water partition coefficient (Wildman–Crippen LogP) is 2.86. The molecule has 3 aliphatic heterocycles. The van der Waals surface area contributed by atoms with Crippen LogP contribution in [0, 0.1) is 0 Å². The van der Waals surface area contributed by atoms with Gasteiger partial charge in [-0.15, -0.1) is 0 Å². The van der Waals surface area contributed by atoms with E-state index >= 15 is 0 Å².